The average Bonchev–Trinajstić information content (AvgIpc) is 3.41. The minimum Gasteiger partial charge on any atom is -0.338 e. The number of hydrogen-bond acceptors (Lipinski definition) is 5. The van der Waals surface area contributed by atoms with Gasteiger partial charge in [0.1, 0.15) is 0 Å². The third kappa shape index (κ3) is 4.13. The lowest BCUT2D eigenvalue weighted by molar-refractivity contribution is -0.137. The van der Waals surface area contributed by atoms with Gasteiger partial charge in [0.25, 0.3) is 5.91 Å². The highest BCUT2D eigenvalue weighted by molar-refractivity contribution is 5.94. The van der Waals surface area contributed by atoms with Crippen molar-refractivity contribution < 1.29 is 22.5 Å². The molecule has 0 spiro atoms. The summed E-state index contributed by atoms with van der Waals surface area (Å²) in [6, 6.07) is 4.56. The van der Waals surface area contributed by atoms with Crippen LogP contribution >= 0.6 is 0 Å². The van der Waals surface area contributed by atoms with Crippen LogP contribution in [0.2, 0.25) is 0 Å². The van der Waals surface area contributed by atoms with Crippen molar-refractivity contribution in [3.05, 3.63) is 47.1 Å². The number of alkyl halides is 3. The lowest BCUT2D eigenvalue weighted by Gasteiger charge is -2.34. The minimum atomic E-state index is -4.46. The normalized spacial score (nSPS) is 18.7. The topological polar surface area (TPSA) is 62.5 Å². The molecule has 1 aliphatic carbocycles. The van der Waals surface area contributed by atoms with E-state index in [9.17, 15) is 18.0 Å². The highest BCUT2D eigenvalue weighted by Crippen LogP contribution is 2.38. The molecular formula is C18H19F3N4O2. The van der Waals surface area contributed by atoms with E-state index in [1.165, 1.54) is 12.1 Å². The second-order valence-corrected chi connectivity index (χ2v) is 6.97. The number of carbonyl (C=O) groups is 1. The van der Waals surface area contributed by atoms with Crippen LogP contribution in [0.4, 0.5) is 13.2 Å². The molecule has 2 heterocycles. The first-order valence-electron chi connectivity index (χ1n) is 8.91. The van der Waals surface area contributed by atoms with Crippen LogP contribution < -0.4 is 0 Å². The van der Waals surface area contributed by atoms with Gasteiger partial charge in [0, 0.05) is 37.7 Å². The Labute approximate surface area is 153 Å². The molecule has 0 radical (unpaired) electrons. The highest BCUT2D eigenvalue weighted by Gasteiger charge is 2.32. The molecule has 1 saturated carbocycles. The summed E-state index contributed by atoms with van der Waals surface area (Å²) in [7, 11) is 0. The molecule has 6 nitrogen and oxygen atoms in total. The summed E-state index contributed by atoms with van der Waals surface area (Å²) >= 11 is 0. The van der Waals surface area contributed by atoms with Crippen LogP contribution in [0.1, 0.15) is 46.4 Å². The van der Waals surface area contributed by atoms with Crippen molar-refractivity contribution in [1.82, 2.24) is 19.9 Å². The van der Waals surface area contributed by atoms with Gasteiger partial charge in [-0.25, -0.2) is 0 Å². The van der Waals surface area contributed by atoms with Crippen LogP contribution in [0.15, 0.2) is 28.8 Å². The summed E-state index contributed by atoms with van der Waals surface area (Å²) in [4.78, 5) is 20.6. The summed E-state index contributed by atoms with van der Waals surface area (Å²) in [5.41, 5.74) is -0.751. The average molecular weight is 380 g/mol. The molecule has 1 aromatic heterocycles. The number of benzene rings is 1. The van der Waals surface area contributed by atoms with Crippen molar-refractivity contribution in [2.24, 2.45) is 0 Å². The largest absolute Gasteiger partial charge is 0.416 e. The lowest BCUT2D eigenvalue weighted by atomic mass is 10.1. The molecular weight excluding hydrogens is 361 g/mol. The molecule has 4 rings (SSSR count). The number of nitrogens with zero attached hydrogens (tertiary/aromatic N) is 4. The molecule has 9 heteroatoms. The number of hydrogen-bond donors (Lipinski definition) is 0. The van der Waals surface area contributed by atoms with Crippen LogP contribution in [0, 0.1) is 0 Å². The standard InChI is InChI=1S/C18H19F3N4O2/c19-18(20,21)14-3-1-2-13(10-14)17(26)25-8-6-24(7-9-25)11-15-22-16(23-27-15)12-4-5-12/h1-3,10,12H,4-9,11H2. The monoisotopic (exact) mass is 380 g/mol. The zero-order valence-electron chi connectivity index (χ0n) is 14.6. The Morgan fingerprint density at radius 3 is 2.59 bits per heavy atom. The molecule has 144 valence electrons. The van der Waals surface area contributed by atoms with Gasteiger partial charge < -0.3 is 9.42 Å². The molecule has 1 aromatic carbocycles. The van der Waals surface area contributed by atoms with E-state index >= 15 is 0 Å². The Balaban J connectivity index is 1.33. The van der Waals surface area contributed by atoms with E-state index in [-0.39, 0.29) is 11.5 Å². The zero-order valence-corrected chi connectivity index (χ0v) is 14.6. The number of halogens is 3. The molecule has 2 fully saturated rings. The molecule has 1 saturated heterocycles. The van der Waals surface area contributed by atoms with Crippen molar-refractivity contribution >= 4 is 5.91 Å². The van der Waals surface area contributed by atoms with Crippen LogP contribution in [0.5, 0.6) is 0 Å². The maximum Gasteiger partial charge on any atom is 0.416 e. The zero-order chi connectivity index (χ0) is 19.0. The molecule has 2 aromatic rings. The first-order valence-corrected chi connectivity index (χ1v) is 8.91. The summed E-state index contributed by atoms with van der Waals surface area (Å²) < 4.78 is 43.8. The Morgan fingerprint density at radius 1 is 1.19 bits per heavy atom. The molecule has 0 unspecified atom stereocenters. The molecule has 1 aliphatic heterocycles. The summed E-state index contributed by atoms with van der Waals surface area (Å²) in [6.07, 6.45) is -2.25. The second kappa shape index (κ2) is 6.95. The Bertz CT molecular complexity index is 824. The van der Waals surface area contributed by atoms with E-state index in [2.05, 4.69) is 15.0 Å². The Kier molecular flexibility index (Phi) is 4.63. The van der Waals surface area contributed by atoms with E-state index in [4.69, 9.17) is 4.52 Å². The molecule has 27 heavy (non-hydrogen) atoms. The van der Waals surface area contributed by atoms with Gasteiger partial charge in [0.15, 0.2) is 5.82 Å². The molecule has 1 amide bonds. The number of piperazine rings is 1. The summed E-state index contributed by atoms with van der Waals surface area (Å²) in [6.45, 7) is 2.61. The predicted molar refractivity (Wildman–Crippen MR) is 88.9 cm³/mol. The Hall–Kier alpha value is -2.42. The third-order valence-electron chi connectivity index (χ3n) is 4.88. The first-order chi connectivity index (χ1) is 12.9. The van der Waals surface area contributed by atoms with E-state index in [1.807, 2.05) is 0 Å². The fourth-order valence-corrected chi connectivity index (χ4v) is 3.15. The summed E-state index contributed by atoms with van der Waals surface area (Å²) in [5.74, 6) is 1.39. The number of rotatable bonds is 4. The van der Waals surface area contributed by atoms with E-state index in [0.29, 0.717) is 44.5 Å². The van der Waals surface area contributed by atoms with Gasteiger partial charge in [-0.2, -0.15) is 18.2 Å². The van der Waals surface area contributed by atoms with Gasteiger partial charge >= 0.3 is 6.18 Å². The smallest absolute Gasteiger partial charge is 0.338 e. The fourth-order valence-electron chi connectivity index (χ4n) is 3.15. The van der Waals surface area contributed by atoms with Crippen LogP contribution in [0.25, 0.3) is 0 Å². The summed E-state index contributed by atoms with van der Waals surface area (Å²) in [5, 5.41) is 3.99. The maximum atomic E-state index is 12.8. The van der Waals surface area contributed by atoms with Crippen molar-refractivity contribution in [2.75, 3.05) is 26.2 Å². The molecule has 0 N–H and O–H groups in total. The second-order valence-electron chi connectivity index (χ2n) is 6.97. The van der Waals surface area contributed by atoms with Gasteiger partial charge in [-0.05, 0) is 31.0 Å². The van der Waals surface area contributed by atoms with Gasteiger partial charge in [-0.3, -0.25) is 9.69 Å². The highest BCUT2D eigenvalue weighted by atomic mass is 19.4. The molecule has 0 bridgehead atoms. The van der Waals surface area contributed by atoms with Crippen molar-refractivity contribution in [3.8, 4) is 0 Å². The van der Waals surface area contributed by atoms with Crippen LogP contribution in [0.3, 0.4) is 0 Å². The Morgan fingerprint density at radius 2 is 1.93 bits per heavy atom. The van der Waals surface area contributed by atoms with Crippen molar-refractivity contribution in [2.45, 2.75) is 31.5 Å². The maximum absolute atomic E-state index is 12.8. The SMILES string of the molecule is O=C(c1cccc(C(F)(F)F)c1)N1CCN(Cc2nc(C3CC3)no2)CC1. The third-order valence-corrected chi connectivity index (χ3v) is 4.88. The van der Waals surface area contributed by atoms with E-state index < -0.39 is 11.7 Å². The number of aromatic nitrogens is 2. The minimum absolute atomic E-state index is 0.0595. The number of carbonyl (C=O) groups excluding carboxylic acids is 1. The van der Waals surface area contributed by atoms with E-state index in [1.54, 1.807) is 4.90 Å². The lowest BCUT2D eigenvalue weighted by Crippen LogP contribution is -2.48. The fraction of sp³-hybridized carbons (Fsp3) is 0.500. The quantitative estimate of drug-likeness (QED) is 0.816. The number of amides is 1. The van der Waals surface area contributed by atoms with Gasteiger partial charge in [0.05, 0.1) is 12.1 Å². The predicted octanol–water partition coefficient (Wildman–Crippen LogP) is 2.92. The van der Waals surface area contributed by atoms with Crippen LogP contribution in [-0.2, 0) is 12.7 Å². The van der Waals surface area contributed by atoms with Crippen molar-refractivity contribution in [3.63, 3.8) is 0 Å². The van der Waals surface area contributed by atoms with E-state index in [0.717, 1.165) is 30.8 Å². The van der Waals surface area contributed by atoms with Crippen molar-refractivity contribution in [1.29, 1.82) is 0 Å². The first kappa shape index (κ1) is 18.0. The molecule has 0 atom stereocenters. The van der Waals surface area contributed by atoms with Crippen LogP contribution in [-0.4, -0.2) is 52.0 Å². The van der Waals surface area contributed by atoms with Gasteiger partial charge in [-0.15, -0.1) is 0 Å². The molecule has 2 aliphatic rings. The van der Waals surface area contributed by atoms with Gasteiger partial charge in [-0.1, -0.05) is 11.2 Å². The van der Waals surface area contributed by atoms with Gasteiger partial charge in [0.2, 0.25) is 5.89 Å².